The first kappa shape index (κ1) is 16.2. The third kappa shape index (κ3) is 5.74. The van der Waals surface area contributed by atoms with Crippen LogP contribution in [-0.4, -0.2) is 67.3 Å². The van der Waals surface area contributed by atoms with E-state index in [2.05, 4.69) is 55.5 Å². The summed E-state index contributed by atoms with van der Waals surface area (Å²) in [5.41, 5.74) is 1.35. The lowest BCUT2D eigenvalue weighted by Crippen LogP contribution is -2.47. The van der Waals surface area contributed by atoms with Gasteiger partial charge >= 0.3 is 0 Å². The van der Waals surface area contributed by atoms with Crippen molar-refractivity contribution in [2.24, 2.45) is 11.0 Å². The standard InChI is InChI=1S/C15H30N4/c1-6-17-7-9-18(10-8-17)11-12-19(16-5)13-15(4)14(2)3/h13-14H,5-12H2,1-4H3/b15-13+. The zero-order valence-electron chi connectivity index (χ0n) is 13.1. The highest BCUT2D eigenvalue weighted by Gasteiger charge is 2.15. The highest BCUT2D eigenvalue weighted by Crippen LogP contribution is 2.10. The van der Waals surface area contributed by atoms with E-state index in [4.69, 9.17) is 0 Å². The van der Waals surface area contributed by atoms with Crippen LogP contribution in [-0.2, 0) is 0 Å². The maximum atomic E-state index is 4.10. The van der Waals surface area contributed by atoms with Crippen molar-refractivity contribution in [1.82, 2.24) is 14.8 Å². The Hall–Kier alpha value is -0.870. The van der Waals surface area contributed by atoms with Gasteiger partial charge < -0.3 is 4.90 Å². The van der Waals surface area contributed by atoms with Crippen LogP contribution >= 0.6 is 0 Å². The molecule has 0 bridgehead atoms. The van der Waals surface area contributed by atoms with Gasteiger partial charge in [-0.1, -0.05) is 26.3 Å². The van der Waals surface area contributed by atoms with Gasteiger partial charge in [0, 0.05) is 45.6 Å². The molecule has 4 heteroatoms. The Balaban J connectivity index is 2.34. The van der Waals surface area contributed by atoms with E-state index in [1.807, 2.05) is 5.01 Å². The van der Waals surface area contributed by atoms with E-state index in [0.29, 0.717) is 5.92 Å². The van der Waals surface area contributed by atoms with Crippen molar-refractivity contribution >= 4 is 6.72 Å². The Morgan fingerprint density at radius 3 is 2.32 bits per heavy atom. The fourth-order valence-corrected chi connectivity index (χ4v) is 2.13. The average Bonchev–Trinajstić information content (AvgIpc) is 2.43. The summed E-state index contributed by atoms with van der Waals surface area (Å²) in [5, 5.41) is 6.07. The molecule has 0 atom stereocenters. The van der Waals surface area contributed by atoms with Gasteiger partial charge in [-0.25, -0.2) is 0 Å². The van der Waals surface area contributed by atoms with Crippen LogP contribution in [0.5, 0.6) is 0 Å². The number of hydrogen-bond acceptors (Lipinski definition) is 4. The third-order valence-corrected chi connectivity index (χ3v) is 4.00. The third-order valence-electron chi connectivity index (χ3n) is 4.00. The van der Waals surface area contributed by atoms with Gasteiger partial charge in [-0.05, 0) is 19.4 Å². The van der Waals surface area contributed by atoms with E-state index in [1.165, 1.54) is 38.3 Å². The lowest BCUT2D eigenvalue weighted by molar-refractivity contribution is 0.129. The van der Waals surface area contributed by atoms with Crippen LogP contribution in [0, 0.1) is 5.92 Å². The van der Waals surface area contributed by atoms with Crippen molar-refractivity contribution in [2.45, 2.75) is 27.7 Å². The Morgan fingerprint density at radius 2 is 1.84 bits per heavy atom. The molecule has 1 saturated heterocycles. The van der Waals surface area contributed by atoms with E-state index in [9.17, 15) is 0 Å². The molecule has 1 heterocycles. The molecule has 0 spiro atoms. The van der Waals surface area contributed by atoms with Crippen molar-refractivity contribution in [1.29, 1.82) is 0 Å². The largest absolute Gasteiger partial charge is 0.301 e. The van der Waals surface area contributed by atoms with Gasteiger partial charge in [-0.3, -0.25) is 9.91 Å². The molecule has 4 nitrogen and oxygen atoms in total. The van der Waals surface area contributed by atoms with Crippen LogP contribution in [0.3, 0.4) is 0 Å². The molecule has 0 aromatic rings. The SMILES string of the molecule is C=NN(/C=C(\C)C(C)C)CCN1CCN(CC)CC1. The molecule has 1 rings (SSSR count). The minimum Gasteiger partial charge on any atom is -0.301 e. The van der Waals surface area contributed by atoms with Crippen molar-refractivity contribution in [3.63, 3.8) is 0 Å². The minimum absolute atomic E-state index is 0.567. The first-order valence-corrected chi connectivity index (χ1v) is 7.43. The summed E-state index contributed by atoms with van der Waals surface area (Å²) in [6.07, 6.45) is 2.12. The maximum absolute atomic E-state index is 4.10. The van der Waals surface area contributed by atoms with Gasteiger partial charge in [0.25, 0.3) is 0 Å². The van der Waals surface area contributed by atoms with Crippen LogP contribution in [0.2, 0.25) is 0 Å². The average molecular weight is 266 g/mol. The Labute approximate surface area is 118 Å². The number of piperazine rings is 1. The van der Waals surface area contributed by atoms with Crippen molar-refractivity contribution in [3.05, 3.63) is 11.8 Å². The molecule has 0 unspecified atom stereocenters. The summed E-state index contributed by atoms with van der Waals surface area (Å²) >= 11 is 0. The maximum Gasteiger partial charge on any atom is 0.0536 e. The second-order valence-electron chi connectivity index (χ2n) is 5.61. The number of likely N-dealkylation sites (N-methyl/N-ethyl adjacent to an activating group) is 1. The molecule has 0 amide bonds. The molecule has 19 heavy (non-hydrogen) atoms. The van der Waals surface area contributed by atoms with Crippen LogP contribution in [0.4, 0.5) is 0 Å². The molecule has 0 aliphatic carbocycles. The normalized spacial score (nSPS) is 18.9. The lowest BCUT2D eigenvalue weighted by Gasteiger charge is -2.34. The van der Waals surface area contributed by atoms with Crippen molar-refractivity contribution < 1.29 is 0 Å². The summed E-state index contributed by atoms with van der Waals surface area (Å²) in [6.45, 7) is 20.4. The van der Waals surface area contributed by atoms with Gasteiger partial charge in [-0.2, -0.15) is 5.10 Å². The summed E-state index contributed by atoms with van der Waals surface area (Å²) < 4.78 is 0. The lowest BCUT2D eigenvalue weighted by atomic mass is 10.1. The molecule has 0 radical (unpaired) electrons. The van der Waals surface area contributed by atoms with E-state index < -0.39 is 0 Å². The zero-order chi connectivity index (χ0) is 14.3. The molecule has 0 N–H and O–H groups in total. The van der Waals surface area contributed by atoms with E-state index in [-0.39, 0.29) is 0 Å². The van der Waals surface area contributed by atoms with Crippen LogP contribution in [0.15, 0.2) is 16.9 Å². The monoisotopic (exact) mass is 266 g/mol. The number of rotatable bonds is 7. The molecular weight excluding hydrogens is 236 g/mol. The minimum atomic E-state index is 0.567. The van der Waals surface area contributed by atoms with E-state index >= 15 is 0 Å². The first-order valence-electron chi connectivity index (χ1n) is 7.43. The smallest absolute Gasteiger partial charge is 0.0536 e. The Bertz CT molecular complexity index is 291. The number of allylic oxidation sites excluding steroid dienone is 1. The molecule has 1 aliphatic rings. The highest BCUT2D eigenvalue weighted by atomic mass is 15.4. The zero-order valence-corrected chi connectivity index (χ0v) is 13.1. The first-order chi connectivity index (χ1) is 9.06. The molecule has 1 aliphatic heterocycles. The van der Waals surface area contributed by atoms with Gasteiger partial charge in [0.15, 0.2) is 0 Å². The molecule has 110 valence electrons. The quantitative estimate of drug-likeness (QED) is 0.520. The Kier molecular flexibility index (Phi) is 7.10. The second kappa shape index (κ2) is 8.33. The van der Waals surface area contributed by atoms with Gasteiger partial charge in [0.1, 0.15) is 0 Å². The fraction of sp³-hybridized carbons (Fsp3) is 0.800. The molecule has 1 fully saturated rings. The van der Waals surface area contributed by atoms with Gasteiger partial charge in [-0.15, -0.1) is 0 Å². The topological polar surface area (TPSA) is 22.1 Å². The molecule has 0 aromatic heterocycles. The molecule has 0 saturated carbocycles. The summed E-state index contributed by atoms with van der Waals surface area (Å²) in [5.74, 6) is 0.567. The summed E-state index contributed by atoms with van der Waals surface area (Å²) in [6, 6.07) is 0. The molecular formula is C15H30N4. The fourth-order valence-electron chi connectivity index (χ4n) is 2.13. The summed E-state index contributed by atoms with van der Waals surface area (Å²) in [4.78, 5) is 5.02. The van der Waals surface area contributed by atoms with E-state index in [0.717, 1.165) is 13.1 Å². The number of hydrogen-bond donors (Lipinski definition) is 0. The highest BCUT2D eigenvalue weighted by molar-refractivity contribution is 5.23. The van der Waals surface area contributed by atoms with Gasteiger partial charge in [0.2, 0.25) is 0 Å². The van der Waals surface area contributed by atoms with Crippen LogP contribution in [0.25, 0.3) is 0 Å². The number of nitrogens with zero attached hydrogens (tertiary/aromatic N) is 4. The Morgan fingerprint density at radius 1 is 1.26 bits per heavy atom. The summed E-state index contributed by atoms with van der Waals surface area (Å²) in [7, 11) is 0. The van der Waals surface area contributed by atoms with E-state index in [1.54, 1.807) is 0 Å². The predicted molar refractivity (Wildman–Crippen MR) is 83.4 cm³/mol. The van der Waals surface area contributed by atoms with Crippen molar-refractivity contribution in [2.75, 3.05) is 45.8 Å². The van der Waals surface area contributed by atoms with Crippen molar-refractivity contribution in [3.8, 4) is 0 Å². The predicted octanol–water partition coefficient (Wildman–Crippen LogP) is 2.10. The van der Waals surface area contributed by atoms with Gasteiger partial charge in [0.05, 0.1) is 6.54 Å². The van der Waals surface area contributed by atoms with Crippen LogP contribution in [0.1, 0.15) is 27.7 Å². The van der Waals surface area contributed by atoms with Crippen LogP contribution < -0.4 is 0 Å². The second-order valence-corrected chi connectivity index (χ2v) is 5.61. The molecule has 0 aromatic carbocycles. The number of hydrazone groups is 1.